The Labute approximate surface area is 104 Å². The first kappa shape index (κ1) is 20.5. The average molecular weight is 232 g/mol. The van der Waals surface area contributed by atoms with E-state index in [0.717, 1.165) is 23.1 Å². The molecule has 0 radical (unpaired) electrons. The molecule has 0 amide bonds. The van der Waals surface area contributed by atoms with E-state index in [2.05, 4.69) is 20.8 Å². The summed E-state index contributed by atoms with van der Waals surface area (Å²) < 4.78 is 0. The van der Waals surface area contributed by atoms with Crippen LogP contribution in [0.15, 0.2) is 0 Å². The summed E-state index contributed by atoms with van der Waals surface area (Å²) in [5.74, 6) is 1.64. The van der Waals surface area contributed by atoms with E-state index in [1.54, 1.807) is 0 Å². The highest BCUT2D eigenvalue weighted by molar-refractivity contribution is 7.80. The molecule has 94 valence electrons. The third kappa shape index (κ3) is 20.2. The highest BCUT2D eigenvalue weighted by Gasteiger charge is 2.07. The maximum atomic E-state index is 5.06. The largest absolute Gasteiger partial charge is 0.0900 e. The van der Waals surface area contributed by atoms with Gasteiger partial charge < -0.3 is 0 Å². The van der Waals surface area contributed by atoms with Crippen molar-refractivity contribution in [2.24, 2.45) is 11.8 Å². The first-order chi connectivity index (χ1) is 7.06. The van der Waals surface area contributed by atoms with Crippen molar-refractivity contribution in [2.45, 2.75) is 74.7 Å². The molecule has 0 aromatic heterocycles. The monoisotopic (exact) mass is 232 g/mol. The second-order valence-electron chi connectivity index (χ2n) is 3.76. The Hall–Kier alpha value is 0.0900. The lowest BCUT2D eigenvalue weighted by Crippen LogP contribution is -2.05. The van der Waals surface area contributed by atoms with Crippen molar-refractivity contribution < 1.29 is 0 Å². The zero-order chi connectivity index (χ0) is 12.9. The Morgan fingerprint density at radius 3 is 1.67 bits per heavy atom. The SMILES string of the molecule is CC.CC.CCC(C)CC(C)CC(C)=S. The summed E-state index contributed by atoms with van der Waals surface area (Å²) in [7, 11) is 0. The van der Waals surface area contributed by atoms with E-state index in [1.165, 1.54) is 12.8 Å². The molecule has 0 aromatic rings. The van der Waals surface area contributed by atoms with E-state index in [0.29, 0.717) is 0 Å². The molecule has 0 aliphatic rings. The van der Waals surface area contributed by atoms with E-state index in [9.17, 15) is 0 Å². The van der Waals surface area contributed by atoms with Gasteiger partial charge in [0, 0.05) is 0 Å². The van der Waals surface area contributed by atoms with Crippen molar-refractivity contribution in [1.82, 2.24) is 0 Å². The molecule has 0 fully saturated rings. The van der Waals surface area contributed by atoms with Gasteiger partial charge in [0.25, 0.3) is 0 Å². The first-order valence-corrected chi connectivity index (χ1v) is 6.96. The van der Waals surface area contributed by atoms with Crippen LogP contribution in [0.5, 0.6) is 0 Å². The molecule has 0 nitrogen and oxygen atoms in total. The zero-order valence-electron chi connectivity index (χ0n) is 12.2. The predicted octanol–water partition coefficient (Wildman–Crippen LogP) is 5.89. The van der Waals surface area contributed by atoms with Crippen LogP contribution in [0.3, 0.4) is 0 Å². The van der Waals surface area contributed by atoms with Crippen LogP contribution < -0.4 is 0 Å². The van der Waals surface area contributed by atoms with Gasteiger partial charge in [-0.2, -0.15) is 0 Å². The number of hydrogen-bond acceptors (Lipinski definition) is 1. The lowest BCUT2D eigenvalue weighted by molar-refractivity contribution is 0.415. The van der Waals surface area contributed by atoms with Gasteiger partial charge in [0.2, 0.25) is 0 Å². The fourth-order valence-corrected chi connectivity index (χ4v) is 1.71. The molecular weight excluding hydrogens is 200 g/mol. The summed E-state index contributed by atoms with van der Waals surface area (Å²) in [6.07, 6.45) is 3.74. The third-order valence-corrected chi connectivity index (χ3v) is 2.30. The third-order valence-electron chi connectivity index (χ3n) is 2.14. The zero-order valence-corrected chi connectivity index (χ0v) is 13.0. The molecule has 1 heteroatoms. The van der Waals surface area contributed by atoms with Crippen LogP contribution in [0.1, 0.15) is 74.7 Å². The quantitative estimate of drug-likeness (QED) is 0.532. The van der Waals surface area contributed by atoms with Gasteiger partial charge >= 0.3 is 0 Å². The molecule has 2 atom stereocenters. The molecule has 0 bridgehead atoms. The maximum absolute atomic E-state index is 5.06. The van der Waals surface area contributed by atoms with Crippen LogP contribution in [-0.2, 0) is 0 Å². The summed E-state index contributed by atoms with van der Waals surface area (Å²) in [4.78, 5) is 1.15. The summed E-state index contributed by atoms with van der Waals surface area (Å²) >= 11 is 5.06. The molecular formula is C14H32S. The Balaban J connectivity index is -0.000000318. The van der Waals surface area contributed by atoms with Crippen LogP contribution in [0.2, 0.25) is 0 Å². The van der Waals surface area contributed by atoms with E-state index in [4.69, 9.17) is 12.2 Å². The van der Waals surface area contributed by atoms with Crippen molar-refractivity contribution in [3.63, 3.8) is 0 Å². The van der Waals surface area contributed by atoms with E-state index >= 15 is 0 Å². The van der Waals surface area contributed by atoms with Crippen LogP contribution in [-0.4, -0.2) is 4.86 Å². The minimum atomic E-state index is 0.780. The lowest BCUT2D eigenvalue weighted by Gasteiger charge is -2.14. The summed E-state index contributed by atoms with van der Waals surface area (Å²) in [5.41, 5.74) is 0. The predicted molar refractivity (Wildman–Crippen MR) is 78.8 cm³/mol. The number of hydrogen-bond donors (Lipinski definition) is 0. The smallest absolute Gasteiger partial charge is 0.00998 e. The summed E-state index contributed by atoms with van der Waals surface area (Å²) in [5, 5.41) is 0. The van der Waals surface area contributed by atoms with Gasteiger partial charge in [0.1, 0.15) is 0 Å². The van der Waals surface area contributed by atoms with Gasteiger partial charge in [0.05, 0.1) is 0 Å². The standard InChI is InChI=1S/C10H20S.2C2H6/c1-5-8(2)6-9(3)7-10(4)11;2*1-2/h8-9H,5-7H2,1-4H3;2*1-2H3. The van der Waals surface area contributed by atoms with Gasteiger partial charge in [-0.3, -0.25) is 0 Å². The number of rotatable bonds is 5. The van der Waals surface area contributed by atoms with Crippen LogP contribution >= 0.6 is 12.2 Å². The fourth-order valence-electron chi connectivity index (χ4n) is 1.43. The minimum Gasteiger partial charge on any atom is -0.0900 e. The van der Waals surface area contributed by atoms with Gasteiger partial charge in [-0.1, -0.05) is 67.1 Å². The molecule has 0 aromatic carbocycles. The minimum absolute atomic E-state index is 0.780. The lowest BCUT2D eigenvalue weighted by atomic mass is 9.92. The average Bonchev–Trinajstić information content (AvgIpc) is 2.22. The van der Waals surface area contributed by atoms with Crippen LogP contribution in [0, 0.1) is 11.8 Å². The summed E-state index contributed by atoms with van der Waals surface area (Å²) in [6.45, 7) is 16.9. The summed E-state index contributed by atoms with van der Waals surface area (Å²) in [6, 6.07) is 0. The van der Waals surface area contributed by atoms with Crippen LogP contribution in [0.25, 0.3) is 0 Å². The Morgan fingerprint density at radius 2 is 1.40 bits per heavy atom. The Kier molecular flexibility index (Phi) is 22.6. The second kappa shape index (κ2) is 16.5. The number of thiocarbonyl (C=S) groups is 1. The van der Waals surface area contributed by atoms with Crippen LogP contribution in [0.4, 0.5) is 0 Å². The van der Waals surface area contributed by atoms with Gasteiger partial charge in [-0.25, -0.2) is 0 Å². The molecule has 0 N–H and O–H groups in total. The molecule has 0 aliphatic carbocycles. The topological polar surface area (TPSA) is 0 Å². The fraction of sp³-hybridized carbons (Fsp3) is 0.929. The molecule has 2 unspecified atom stereocenters. The molecule has 0 saturated heterocycles. The van der Waals surface area contributed by atoms with E-state index < -0.39 is 0 Å². The molecule has 0 aliphatic heterocycles. The molecule has 0 spiro atoms. The molecule has 15 heavy (non-hydrogen) atoms. The van der Waals surface area contributed by atoms with Crippen molar-refractivity contribution in [3.8, 4) is 0 Å². The normalized spacial score (nSPS) is 12.5. The first-order valence-electron chi connectivity index (χ1n) is 6.55. The Bertz CT molecular complexity index is 119. The Morgan fingerprint density at radius 1 is 1.00 bits per heavy atom. The molecule has 0 rings (SSSR count). The van der Waals surface area contributed by atoms with Crippen molar-refractivity contribution in [1.29, 1.82) is 0 Å². The van der Waals surface area contributed by atoms with Crippen molar-refractivity contribution in [2.75, 3.05) is 0 Å². The van der Waals surface area contributed by atoms with Crippen molar-refractivity contribution in [3.05, 3.63) is 0 Å². The van der Waals surface area contributed by atoms with Gasteiger partial charge in [0.15, 0.2) is 0 Å². The highest BCUT2D eigenvalue weighted by atomic mass is 32.1. The maximum Gasteiger partial charge on any atom is -0.00998 e. The van der Waals surface area contributed by atoms with E-state index in [1.807, 2.05) is 34.6 Å². The molecule has 0 heterocycles. The van der Waals surface area contributed by atoms with Gasteiger partial charge in [-0.15, -0.1) is 0 Å². The second-order valence-corrected chi connectivity index (χ2v) is 4.46. The van der Waals surface area contributed by atoms with Crippen molar-refractivity contribution >= 4 is 17.1 Å². The van der Waals surface area contributed by atoms with E-state index in [-0.39, 0.29) is 0 Å². The van der Waals surface area contributed by atoms with Gasteiger partial charge in [-0.05, 0) is 36.5 Å². The molecule has 0 saturated carbocycles. The highest BCUT2D eigenvalue weighted by Crippen LogP contribution is 2.17.